The molecular weight excluding hydrogens is 246 g/mol. The maximum atomic E-state index is 10.9. The second-order valence-electron chi connectivity index (χ2n) is 4.39. The number of benzene rings is 1. The van der Waals surface area contributed by atoms with Crippen molar-refractivity contribution in [1.29, 1.82) is 0 Å². The molecule has 1 rings (SSSR count). The van der Waals surface area contributed by atoms with E-state index in [0.717, 1.165) is 12.0 Å². The average Bonchev–Trinajstić information content (AvgIpc) is 2.42. The number of nitro groups is 1. The van der Waals surface area contributed by atoms with Crippen molar-refractivity contribution in [3.05, 3.63) is 33.9 Å². The van der Waals surface area contributed by atoms with Crippen LogP contribution >= 0.6 is 0 Å². The molecule has 1 aromatic carbocycles. The zero-order valence-corrected chi connectivity index (χ0v) is 11.3. The van der Waals surface area contributed by atoms with Gasteiger partial charge in [0.05, 0.1) is 11.0 Å². The number of nitrogens with zero attached hydrogens (tertiary/aromatic N) is 1. The summed E-state index contributed by atoms with van der Waals surface area (Å²) in [5.74, 6) is 0. The van der Waals surface area contributed by atoms with Crippen LogP contribution in [0.4, 0.5) is 11.4 Å². The lowest BCUT2D eigenvalue weighted by atomic mass is 10.1. The van der Waals surface area contributed by atoms with Gasteiger partial charge in [-0.3, -0.25) is 10.1 Å². The van der Waals surface area contributed by atoms with Crippen LogP contribution in [0, 0.1) is 10.1 Å². The smallest absolute Gasteiger partial charge is 0.292 e. The molecular formula is C13H21N3O3. The molecule has 0 bridgehead atoms. The molecule has 106 valence electrons. The van der Waals surface area contributed by atoms with Crippen LogP contribution < -0.4 is 10.6 Å². The van der Waals surface area contributed by atoms with E-state index in [4.69, 9.17) is 0 Å². The number of anilines is 1. The van der Waals surface area contributed by atoms with E-state index in [1.807, 2.05) is 13.0 Å². The molecule has 0 amide bonds. The van der Waals surface area contributed by atoms with Gasteiger partial charge in [-0.15, -0.1) is 0 Å². The first-order chi connectivity index (χ1) is 9.08. The largest absolute Gasteiger partial charge is 0.393 e. The molecule has 1 aromatic rings. The molecule has 6 nitrogen and oxygen atoms in total. The van der Waals surface area contributed by atoms with Crippen LogP contribution in [-0.4, -0.2) is 29.7 Å². The van der Waals surface area contributed by atoms with E-state index in [9.17, 15) is 15.2 Å². The lowest BCUT2D eigenvalue weighted by molar-refractivity contribution is -0.384. The SMILES string of the molecule is CCC(O)CCNCc1ccc(NC)c([N+](=O)[O-])c1. The molecule has 0 spiro atoms. The van der Waals surface area contributed by atoms with Crippen molar-refractivity contribution in [3.63, 3.8) is 0 Å². The Labute approximate surface area is 113 Å². The molecule has 0 aliphatic rings. The zero-order chi connectivity index (χ0) is 14.3. The quantitative estimate of drug-likeness (QED) is 0.380. The number of hydrogen-bond donors (Lipinski definition) is 3. The predicted molar refractivity (Wildman–Crippen MR) is 75.3 cm³/mol. The molecule has 3 N–H and O–H groups in total. The fourth-order valence-electron chi connectivity index (χ4n) is 1.76. The van der Waals surface area contributed by atoms with Crippen molar-refractivity contribution in [2.24, 2.45) is 0 Å². The van der Waals surface area contributed by atoms with Crippen molar-refractivity contribution >= 4 is 11.4 Å². The summed E-state index contributed by atoms with van der Waals surface area (Å²) in [4.78, 5) is 10.5. The van der Waals surface area contributed by atoms with Crippen molar-refractivity contribution < 1.29 is 10.0 Å². The molecule has 0 aromatic heterocycles. The Morgan fingerprint density at radius 3 is 2.79 bits per heavy atom. The van der Waals surface area contributed by atoms with E-state index >= 15 is 0 Å². The standard InChI is InChI=1S/C13H21N3O3/c1-3-11(17)6-7-15-9-10-4-5-12(14-2)13(8-10)16(18)19/h4-5,8,11,14-15,17H,3,6-7,9H2,1-2H3. The molecule has 0 fully saturated rings. The fourth-order valence-corrected chi connectivity index (χ4v) is 1.76. The van der Waals surface area contributed by atoms with Gasteiger partial charge in [0.15, 0.2) is 0 Å². The van der Waals surface area contributed by atoms with E-state index in [1.54, 1.807) is 19.2 Å². The molecule has 0 saturated heterocycles. The molecule has 19 heavy (non-hydrogen) atoms. The summed E-state index contributed by atoms with van der Waals surface area (Å²) < 4.78 is 0. The van der Waals surface area contributed by atoms with Gasteiger partial charge >= 0.3 is 0 Å². The van der Waals surface area contributed by atoms with E-state index in [0.29, 0.717) is 25.2 Å². The summed E-state index contributed by atoms with van der Waals surface area (Å²) >= 11 is 0. The number of aliphatic hydroxyl groups is 1. The summed E-state index contributed by atoms with van der Waals surface area (Å²) in [5, 5.41) is 26.3. The molecule has 0 aliphatic heterocycles. The molecule has 0 saturated carbocycles. The highest BCUT2D eigenvalue weighted by molar-refractivity contribution is 5.62. The highest BCUT2D eigenvalue weighted by Crippen LogP contribution is 2.24. The number of nitro benzene ring substituents is 1. The third-order valence-electron chi connectivity index (χ3n) is 2.98. The highest BCUT2D eigenvalue weighted by atomic mass is 16.6. The highest BCUT2D eigenvalue weighted by Gasteiger charge is 2.13. The van der Waals surface area contributed by atoms with Gasteiger partial charge in [-0.05, 0) is 31.0 Å². The number of nitrogens with one attached hydrogen (secondary N) is 2. The minimum atomic E-state index is -0.393. The van der Waals surface area contributed by atoms with E-state index in [1.165, 1.54) is 0 Å². The second-order valence-corrected chi connectivity index (χ2v) is 4.39. The fraction of sp³-hybridized carbons (Fsp3) is 0.538. The Morgan fingerprint density at radius 2 is 2.21 bits per heavy atom. The van der Waals surface area contributed by atoms with Gasteiger partial charge in [-0.1, -0.05) is 13.0 Å². The number of hydrogen-bond acceptors (Lipinski definition) is 5. The van der Waals surface area contributed by atoms with Crippen LogP contribution in [0.5, 0.6) is 0 Å². The zero-order valence-electron chi connectivity index (χ0n) is 11.3. The molecule has 0 radical (unpaired) electrons. The number of rotatable bonds is 8. The van der Waals surface area contributed by atoms with E-state index in [2.05, 4.69) is 10.6 Å². The Balaban J connectivity index is 2.55. The van der Waals surface area contributed by atoms with Gasteiger partial charge in [-0.25, -0.2) is 0 Å². The predicted octanol–water partition coefficient (Wildman–Crippen LogP) is 1.89. The van der Waals surface area contributed by atoms with Gasteiger partial charge in [0, 0.05) is 19.7 Å². The molecule has 1 atom stereocenters. The Morgan fingerprint density at radius 1 is 1.47 bits per heavy atom. The Bertz CT molecular complexity index is 424. The van der Waals surface area contributed by atoms with Crippen LogP contribution in [0.1, 0.15) is 25.3 Å². The third kappa shape index (κ3) is 4.84. The lowest BCUT2D eigenvalue weighted by Crippen LogP contribution is -2.19. The second kappa shape index (κ2) is 7.70. The Hall–Kier alpha value is -1.66. The van der Waals surface area contributed by atoms with Crippen LogP contribution in [-0.2, 0) is 6.54 Å². The minimum absolute atomic E-state index is 0.0791. The molecule has 0 heterocycles. The van der Waals surface area contributed by atoms with Gasteiger partial charge in [0.2, 0.25) is 0 Å². The summed E-state index contributed by atoms with van der Waals surface area (Å²) in [7, 11) is 1.66. The summed E-state index contributed by atoms with van der Waals surface area (Å²) in [6, 6.07) is 5.12. The maximum Gasteiger partial charge on any atom is 0.292 e. The minimum Gasteiger partial charge on any atom is -0.393 e. The summed E-state index contributed by atoms with van der Waals surface area (Å²) in [5.41, 5.74) is 1.45. The first-order valence-electron chi connectivity index (χ1n) is 6.42. The maximum absolute atomic E-state index is 10.9. The van der Waals surface area contributed by atoms with Crippen LogP contribution in [0.15, 0.2) is 18.2 Å². The molecule has 1 unspecified atom stereocenters. The topological polar surface area (TPSA) is 87.4 Å². The lowest BCUT2D eigenvalue weighted by Gasteiger charge is -2.09. The van der Waals surface area contributed by atoms with Gasteiger partial charge in [0.25, 0.3) is 5.69 Å². The van der Waals surface area contributed by atoms with Crippen molar-refractivity contribution in [2.45, 2.75) is 32.4 Å². The van der Waals surface area contributed by atoms with Crippen LogP contribution in [0.2, 0.25) is 0 Å². The van der Waals surface area contributed by atoms with Gasteiger partial charge in [-0.2, -0.15) is 0 Å². The van der Waals surface area contributed by atoms with Crippen LogP contribution in [0.25, 0.3) is 0 Å². The Kier molecular flexibility index (Phi) is 6.24. The third-order valence-corrected chi connectivity index (χ3v) is 2.98. The normalized spacial score (nSPS) is 12.2. The van der Waals surface area contributed by atoms with E-state index in [-0.39, 0.29) is 11.8 Å². The summed E-state index contributed by atoms with van der Waals surface area (Å²) in [6.07, 6.45) is 1.14. The summed E-state index contributed by atoms with van der Waals surface area (Å²) in [6.45, 7) is 3.18. The van der Waals surface area contributed by atoms with Crippen molar-refractivity contribution in [3.8, 4) is 0 Å². The number of aliphatic hydroxyl groups excluding tert-OH is 1. The van der Waals surface area contributed by atoms with Crippen molar-refractivity contribution in [1.82, 2.24) is 5.32 Å². The van der Waals surface area contributed by atoms with E-state index < -0.39 is 4.92 Å². The van der Waals surface area contributed by atoms with Crippen molar-refractivity contribution in [2.75, 3.05) is 18.9 Å². The molecule has 0 aliphatic carbocycles. The van der Waals surface area contributed by atoms with Gasteiger partial charge in [0.1, 0.15) is 5.69 Å². The molecule has 6 heteroatoms. The monoisotopic (exact) mass is 267 g/mol. The average molecular weight is 267 g/mol. The first-order valence-corrected chi connectivity index (χ1v) is 6.42. The van der Waals surface area contributed by atoms with Crippen LogP contribution in [0.3, 0.4) is 0 Å². The first kappa shape index (κ1) is 15.4. The van der Waals surface area contributed by atoms with Gasteiger partial charge < -0.3 is 15.7 Å².